The molecule has 2 atom stereocenters. The molecule has 0 aromatic heterocycles. The largest absolute Gasteiger partial charge is 0.355 e. The zero-order valence-electron chi connectivity index (χ0n) is 19.7. The molecular weight excluding hydrogens is 452 g/mol. The van der Waals surface area contributed by atoms with Gasteiger partial charge in [0.1, 0.15) is 0 Å². The molecule has 1 aromatic carbocycles. The fourth-order valence-electron chi connectivity index (χ4n) is 3.71. The van der Waals surface area contributed by atoms with E-state index < -0.39 is 20.2 Å². The Bertz CT molecular complexity index is 887. The quantitative estimate of drug-likeness (QED) is 0.180. The SMILES string of the molecule is CCC(C)[C@@H](NCCCCS(=O)(=O)O)N(CCCCS(=O)(=O)O)c1ccccc1C(C)C. The number of para-hydroxylation sites is 1. The van der Waals surface area contributed by atoms with E-state index >= 15 is 0 Å². The van der Waals surface area contributed by atoms with Crippen molar-refractivity contribution in [3.05, 3.63) is 29.8 Å². The molecule has 32 heavy (non-hydrogen) atoms. The van der Waals surface area contributed by atoms with Crippen molar-refractivity contribution in [1.29, 1.82) is 0 Å². The minimum atomic E-state index is -3.99. The lowest BCUT2D eigenvalue weighted by Crippen LogP contribution is -2.51. The molecule has 3 N–H and O–H groups in total. The van der Waals surface area contributed by atoms with E-state index in [1.165, 1.54) is 5.56 Å². The molecule has 0 fully saturated rings. The Hall–Kier alpha value is -1.20. The van der Waals surface area contributed by atoms with Gasteiger partial charge in [0.25, 0.3) is 20.2 Å². The summed E-state index contributed by atoms with van der Waals surface area (Å²) < 4.78 is 62.2. The van der Waals surface area contributed by atoms with Crippen molar-refractivity contribution in [1.82, 2.24) is 5.32 Å². The standard InChI is InChI=1S/C22H40N2O6S2/c1-5-19(4)22(23-14-8-10-16-31(25,26)27)24(15-9-11-17-32(28,29)30)21-13-7-6-12-20(21)18(2)3/h6-7,12-13,18-19,22-23H,5,8-11,14-17H2,1-4H3,(H,25,26,27)(H,28,29,30)/t19?,22-/m0/s1. The van der Waals surface area contributed by atoms with Crippen LogP contribution >= 0.6 is 0 Å². The van der Waals surface area contributed by atoms with E-state index in [0.717, 1.165) is 12.1 Å². The topological polar surface area (TPSA) is 124 Å². The lowest BCUT2D eigenvalue weighted by atomic mass is 9.97. The molecule has 1 unspecified atom stereocenters. The summed E-state index contributed by atoms with van der Waals surface area (Å²) in [7, 11) is -7.94. The first-order chi connectivity index (χ1) is 14.9. The summed E-state index contributed by atoms with van der Waals surface area (Å²) in [6, 6.07) is 8.18. The van der Waals surface area contributed by atoms with E-state index in [1.807, 2.05) is 12.1 Å². The Kier molecular flexibility index (Phi) is 12.2. The summed E-state index contributed by atoms with van der Waals surface area (Å²) in [6.07, 6.45) is 2.83. The molecule has 1 rings (SSSR count). The maximum atomic E-state index is 11.1. The fraction of sp³-hybridized carbons (Fsp3) is 0.727. The van der Waals surface area contributed by atoms with Gasteiger partial charge in [-0.15, -0.1) is 0 Å². The molecule has 0 heterocycles. The molecule has 0 aliphatic rings. The number of hydrogen-bond donors (Lipinski definition) is 3. The molecule has 0 aliphatic heterocycles. The second kappa shape index (κ2) is 13.5. The highest BCUT2D eigenvalue weighted by Gasteiger charge is 2.25. The van der Waals surface area contributed by atoms with E-state index in [2.05, 4.69) is 50.0 Å². The highest BCUT2D eigenvalue weighted by Crippen LogP contribution is 2.30. The van der Waals surface area contributed by atoms with Crippen molar-refractivity contribution in [2.24, 2.45) is 5.92 Å². The van der Waals surface area contributed by atoms with E-state index in [0.29, 0.717) is 44.7 Å². The highest BCUT2D eigenvalue weighted by atomic mass is 32.2. The summed E-state index contributed by atoms with van der Waals surface area (Å²) in [5, 5.41) is 3.56. The number of anilines is 1. The zero-order chi connectivity index (χ0) is 24.4. The van der Waals surface area contributed by atoms with Crippen LogP contribution in [0.4, 0.5) is 5.69 Å². The van der Waals surface area contributed by atoms with Gasteiger partial charge in [-0.2, -0.15) is 16.8 Å². The van der Waals surface area contributed by atoms with Gasteiger partial charge in [-0.1, -0.05) is 52.3 Å². The third-order valence-electron chi connectivity index (χ3n) is 5.62. The Morgan fingerprint density at radius 2 is 1.47 bits per heavy atom. The molecule has 0 aliphatic carbocycles. The van der Waals surface area contributed by atoms with Gasteiger partial charge in [-0.25, -0.2) is 0 Å². The van der Waals surface area contributed by atoms with Gasteiger partial charge in [0.05, 0.1) is 17.7 Å². The minimum absolute atomic E-state index is 0.0311. The van der Waals surface area contributed by atoms with Gasteiger partial charge in [-0.3, -0.25) is 14.4 Å². The molecule has 10 heteroatoms. The minimum Gasteiger partial charge on any atom is -0.355 e. The Labute approximate surface area is 194 Å². The van der Waals surface area contributed by atoms with Gasteiger partial charge in [0.15, 0.2) is 0 Å². The second-order valence-electron chi connectivity index (χ2n) is 8.68. The van der Waals surface area contributed by atoms with Crippen molar-refractivity contribution in [2.75, 3.05) is 29.5 Å². The van der Waals surface area contributed by atoms with Crippen molar-refractivity contribution in [3.8, 4) is 0 Å². The molecule has 186 valence electrons. The van der Waals surface area contributed by atoms with E-state index in [9.17, 15) is 16.8 Å². The number of nitrogens with one attached hydrogen (secondary N) is 1. The number of unbranched alkanes of at least 4 members (excludes halogenated alkanes) is 2. The predicted molar refractivity (Wildman–Crippen MR) is 130 cm³/mol. The zero-order valence-corrected chi connectivity index (χ0v) is 21.3. The lowest BCUT2D eigenvalue weighted by molar-refractivity contribution is 0.346. The number of rotatable bonds is 16. The van der Waals surface area contributed by atoms with Gasteiger partial charge >= 0.3 is 0 Å². The van der Waals surface area contributed by atoms with Crippen LogP contribution in [0.25, 0.3) is 0 Å². The van der Waals surface area contributed by atoms with Crippen LogP contribution in [0.3, 0.4) is 0 Å². The smallest absolute Gasteiger partial charge is 0.264 e. The Morgan fingerprint density at radius 3 is 2.00 bits per heavy atom. The summed E-state index contributed by atoms with van der Waals surface area (Å²) in [4.78, 5) is 2.27. The van der Waals surface area contributed by atoms with Crippen LogP contribution in [0.15, 0.2) is 24.3 Å². The summed E-state index contributed by atoms with van der Waals surface area (Å²) in [5.41, 5.74) is 2.29. The number of benzene rings is 1. The summed E-state index contributed by atoms with van der Waals surface area (Å²) >= 11 is 0. The second-order valence-corrected chi connectivity index (χ2v) is 11.8. The van der Waals surface area contributed by atoms with Crippen molar-refractivity contribution in [2.45, 2.75) is 71.9 Å². The molecule has 0 amide bonds. The molecule has 0 bridgehead atoms. The van der Waals surface area contributed by atoms with Crippen LogP contribution in [0, 0.1) is 5.92 Å². The van der Waals surface area contributed by atoms with Crippen LogP contribution in [0.1, 0.15) is 71.3 Å². The third kappa shape index (κ3) is 11.1. The van der Waals surface area contributed by atoms with Crippen molar-refractivity contribution >= 4 is 25.9 Å². The fourth-order valence-corrected chi connectivity index (χ4v) is 4.85. The number of hydrogen-bond acceptors (Lipinski definition) is 6. The Morgan fingerprint density at radius 1 is 0.906 bits per heavy atom. The molecule has 0 radical (unpaired) electrons. The van der Waals surface area contributed by atoms with E-state index in [1.54, 1.807) is 0 Å². The molecular formula is C22H40N2O6S2. The molecule has 0 spiro atoms. The Balaban J connectivity index is 3.07. The molecule has 8 nitrogen and oxygen atoms in total. The van der Waals surface area contributed by atoms with Crippen LogP contribution in [0.2, 0.25) is 0 Å². The predicted octanol–water partition coefficient (Wildman–Crippen LogP) is 3.91. The first-order valence-corrected chi connectivity index (χ1v) is 14.6. The maximum Gasteiger partial charge on any atom is 0.264 e. The van der Waals surface area contributed by atoms with Gasteiger partial charge in [0, 0.05) is 12.2 Å². The number of nitrogens with zero attached hydrogens (tertiary/aromatic N) is 1. The first-order valence-electron chi connectivity index (χ1n) is 11.3. The van der Waals surface area contributed by atoms with Crippen molar-refractivity contribution < 1.29 is 25.9 Å². The lowest BCUT2D eigenvalue weighted by Gasteiger charge is -2.39. The van der Waals surface area contributed by atoms with Gasteiger partial charge < -0.3 is 4.90 Å². The summed E-state index contributed by atoms with van der Waals surface area (Å²) in [5.74, 6) is 0.0688. The van der Waals surface area contributed by atoms with Gasteiger partial charge in [-0.05, 0) is 55.7 Å². The first kappa shape index (κ1) is 28.8. The van der Waals surface area contributed by atoms with E-state index in [4.69, 9.17) is 9.11 Å². The monoisotopic (exact) mass is 492 g/mol. The van der Waals surface area contributed by atoms with Crippen LogP contribution in [-0.2, 0) is 20.2 Å². The third-order valence-corrected chi connectivity index (χ3v) is 7.23. The normalized spacial score (nSPS) is 14.5. The summed E-state index contributed by atoms with van der Waals surface area (Å²) in [6.45, 7) is 9.75. The maximum absolute atomic E-state index is 11.1. The molecule has 1 aromatic rings. The average molecular weight is 493 g/mol. The van der Waals surface area contributed by atoms with Crippen LogP contribution in [0.5, 0.6) is 0 Å². The molecule has 0 saturated heterocycles. The molecule has 0 saturated carbocycles. The van der Waals surface area contributed by atoms with Crippen molar-refractivity contribution in [3.63, 3.8) is 0 Å². The van der Waals surface area contributed by atoms with Gasteiger partial charge in [0.2, 0.25) is 0 Å². The van der Waals surface area contributed by atoms with E-state index in [-0.39, 0.29) is 23.6 Å². The highest BCUT2D eigenvalue weighted by molar-refractivity contribution is 7.86. The van der Waals surface area contributed by atoms with Crippen LogP contribution < -0.4 is 10.2 Å². The van der Waals surface area contributed by atoms with Crippen LogP contribution in [-0.4, -0.2) is 56.7 Å². The average Bonchev–Trinajstić information content (AvgIpc) is 2.69.